The molecule has 9 heteroatoms. The predicted molar refractivity (Wildman–Crippen MR) is 100 cm³/mol. The van der Waals surface area contributed by atoms with Gasteiger partial charge >= 0.3 is 0 Å². The Labute approximate surface area is 163 Å². The van der Waals surface area contributed by atoms with Crippen LogP contribution in [0.5, 0.6) is 0 Å². The van der Waals surface area contributed by atoms with Gasteiger partial charge in [-0.2, -0.15) is 0 Å². The van der Waals surface area contributed by atoms with Gasteiger partial charge in [-0.25, -0.2) is 8.42 Å². The van der Waals surface area contributed by atoms with Gasteiger partial charge in [-0.15, -0.1) is 10.2 Å². The van der Waals surface area contributed by atoms with E-state index in [0.29, 0.717) is 36.5 Å². The molecular formula is C18H21ClN4O3S. The molecule has 0 saturated heterocycles. The summed E-state index contributed by atoms with van der Waals surface area (Å²) in [6.07, 6.45) is 3.96. The topological polar surface area (TPSA) is 93.9 Å². The van der Waals surface area contributed by atoms with Crippen LogP contribution in [0.4, 0.5) is 0 Å². The smallest absolute Gasteiger partial charge is 0.242 e. The van der Waals surface area contributed by atoms with Crippen molar-refractivity contribution in [2.45, 2.75) is 61.3 Å². The molecule has 7 nitrogen and oxygen atoms in total. The molecule has 1 aromatic carbocycles. The van der Waals surface area contributed by atoms with E-state index in [9.17, 15) is 13.2 Å². The lowest BCUT2D eigenvalue weighted by atomic mass is 10.1. The Balaban J connectivity index is 1.59. The third kappa shape index (κ3) is 3.04. The first-order valence-electron chi connectivity index (χ1n) is 9.13. The number of nitrogens with one attached hydrogen (secondary N) is 1. The number of aromatic nitrogens is 3. The van der Waals surface area contributed by atoms with E-state index in [1.807, 2.05) is 4.57 Å². The highest BCUT2D eigenvalue weighted by atomic mass is 35.5. The number of nitrogens with zero attached hydrogens (tertiary/aromatic N) is 3. The number of amides is 1. The van der Waals surface area contributed by atoms with Crippen LogP contribution in [-0.2, 0) is 34.1 Å². The van der Waals surface area contributed by atoms with E-state index in [4.69, 9.17) is 11.6 Å². The van der Waals surface area contributed by atoms with E-state index >= 15 is 0 Å². The van der Waals surface area contributed by atoms with E-state index in [-0.39, 0.29) is 11.4 Å². The van der Waals surface area contributed by atoms with E-state index in [0.717, 1.165) is 25.2 Å². The fraction of sp³-hybridized carbons (Fsp3) is 0.500. The van der Waals surface area contributed by atoms with E-state index in [2.05, 4.69) is 15.5 Å². The molecule has 0 spiro atoms. The van der Waals surface area contributed by atoms with Crippen molar-refractivity contribution in [3.05, 3.63) is 40.9 Å². The molecule has 27 heavy (non-hydrogen) atoms. The number of carbonyl (C=O) groups is 1. The van der Waals surface area contributed by atoms with Crippen molar-refractivity contribution in [3.63, 3.8) is 0 Å². The lowest BCUT2D eigenvalue weighted by Gasteiger charge is -2.27. The Bertz CT molecular complexity index is 963. The highest BCUT2D eigenvalue weighted by Crippen LogP contribution is 2.41. The SMILES string of the molecule is O=C(NCc1nnc2n1CCC2)C1(S(=O)(=O)c2ccc(Cl)cc2)CCCC1. The van der Waals surface area contributed by atoms with Crippen molar-refractivity contribution >= 4 is 27.3 Å². The van der Waals surface area contributed by atoms with Gasteiger partial charge in [0.05, 0.1) is 11.4 Å². The lowest BCUT2D eigenvalue weighted by Crippen LogP contribution is -2.50. The van der Waals surface area contributed by atoms with Crippen molar-refractivity contribution in [1.29, 1.82) is 0 Å². The van der Waals surface area contributed by atoms with Gasteiger partial charge in [0, 0.05) is 18.0 Å². The number of halogens is 1. The minimum atomic E-state index is -3.83. The summed E-state index contributed by atoms with van der Waals surface area (Å²) in [6.45, 7) is 1.02. The first-order valence-corrected chi connectivity index (χ1v) is 11.0. The molecule has 2 aromatic rings. The maximum atomic E-state index is 13.3. The third-order valence-corrected chi connectivity index (χ3v) is 8.32. The van der Waals surface area contributed by atoms with E-state index < -0.39 is 20.5 Å². The van der Waals surface area contributed by atoms with Gasteiger partial charge in [0.2, 0.25) is 5.91 Å². The summed E-state index contributed by atoms with van der Waals surface area (Å²) in [5, 5.41) is 11.5. The zero-order valence-electron chi connectivity index (χ0n) is 14.8. The van der Waals surface area contributed by atoms with Crippen LogP contribution in [0.25, 0.3) is 0 Å². The number of hydrogen-bond acceptors (Lipinski definition) is 5. The van der Waals surface area contributed by atoms with Gasteiger partial charge in [-0.3, -0.25) is 4.79 Å². The van der Waals surface area contributed by atoms with Crippen LogP contribution < -0.4 is 5.32 Å². The Kier molecular flexibility index (Phi) is 4.71. The van der Waals surface area contributed by atoms with Gasteiger partial charge in [0.25, 0.3) is 0 Å². The predicted octanol–water partition coefficient (Wildman–Crippen LogP) is 2.28. The molecule has 0 unspecified atom stereocenters. The highest BCUT2D eigenvalue weighted by molar-refractivity contribution is 7.93. The second kappa shape index (κ2) is 6.91. The van der Waals surface area contributed by atoms with Crippen molar-refractivity contribution in [1.82, 2.24) is 20.1 Å². The summed E-state index contributed by atoms with van der Waals surface area (Å²) >= 11 is 5.88. The summed E-state index contributed by atoms with van der Waals surface area (Å²) in [5.74, 6) is 1.14. The minimum Gasteiger partial charge on any atom is -0.347 e. The van der Waals surface area contributed by atoms with Crippen molar-refractivity contribution in [2.24, 2.45) is 0 Å². The van der Waals surface area contributed by atoms with Crippen LogP contribution in [-0.4, -0.2) is 33.8 Å². The van der Waals surface area contributed by atoms with Gasteiger partial charge in [0.15, 0.2) is 20.4 Å². The maximum absolute atomic E-state index is 13.3. The van der Waals surface area contributed by atoms with Gasteiger partial charge in [-0.05, 0) is 43.5 Å². The van der Waals surface area contributed by atoms with Gasteiger partial charge in [0.1, 0.15) is 5.82 Å². The first kappa shape index (κ1) is 18.4. The average molecular weight is 409 g/mol. The van der Waals surface area contributed by atoms with E-state index in [1.165, 1.54) is 24.3 Å². The average Bonchev–Trinajstić information content (AvgIpc) is 3.37. The van der Waals surface area contributed by atoms with Crippen molar-refractivity contribution in [2.75, 3.05) is 0 Å². The molecular weight excluding hydrogens is 388 g/mol. The Morgan fingerprint density at radius 2 is 1.85 bits per heavy atom. The van der Waals surface area contributed by atoms with Gasteiger partial charge < -0.3 is 9.88 Å². The zero-order chi connectivity index (χ0) is 19.1. The monoisotopic (exact) mass is 408 g/mol. The number of fused-ring (bicyclic) bond motifs is 1. The molecule has 1 aromatic heterocycles. The highest BCUT2D eigenvalue weighted by Gasteiger charge is 2.52. The summed E-state index contributed by atoms with van der Waals surface area (Å²) in [4.78, 5) is 13.2. The van der Waals surface area contributed by atoms with Crippen LogP contribution in [0.15, 0.2) is 29.2 Å². The molecule has 0 radical (unpaired) electrons. The number of carbonyl (C=O) groups excluding carboxylic acids is 1. The van der Waals surface area contributed by atoms with Crippen LogP contribution in [0, 0.1) is 0 Å². The van der Waals surface area contributed by atoms with Crippen LogP contribution in [0.2, 0.25) is 5.02 Å². The second-order valence-corrected chi connectivity index (χ2v) is 9.83. The van der Waals surface area contributed by atoms with Crippen LogP contribution >= 0.6 is 11.6 Å². The molecule has 0 bridgehead atoms. The fourth-order valence-corrected chi connectivity index (χ4v) is 6.28. The molecule has 1 amide bonds. The molecule has 1 saturated carbocycles. The Hall–Kier alpha value is -1.93. The molecule has 1 aliphatic carbocycles. The summed E-state index contributed by atoms with van der Waals surface area (Å²) in [7, 11) is -3.83. The first-order chi connectivity index (χ1) is 12.9. The number of benzene rings is 1. The standard InChI is InChI=1S/C18H21ClN4O3S/c19-13-5-7-14(8-6-13)27(25,26)18(9-1-2-10-18)17(24)20-12-16-22-21-15-4-3-11-23(15)16/h5-8H,1-4,9-12H2,(H,20,24). The summed E-state index contributed by atoms with van der Waals surface area (Å²) in [5.41, 5.74) is 0. The normalized spacial score (nSPS) is 18.4. The van der Waals surface area contributed by atoms with Crippen LogP contribution in [0.1, 0.15) is 43.8 Å². The van der Waals surface area contributed by atoms with Crippen LogP contribution in [0.3, 0.4) is 0 Å². The third-order valence-electron chi connectivity index (χ3n) is 5.56. The quantitative estimate of drug-likeness (QED) is 0.819. The number of sulfone groups is 1. The minimum absolute atomic E-state index is 0.132. The molecule has 1 aliphatic heterocycles. The van der Waals surface area contributed by atoms with E-state index in [1.54, 1.807) is 0 Å². The van der Waals surface area contributed by atoms with Crippen molar-refractivity contribution in [3.8, 4) is 0 Å². The molecule has 1 fully saturated rings. The molecule has 144 valence electrons. The molecule has 2 aliphatic rings. The van der Waals surface area contributed by atoms with Crippen molar-refractivity contribution < 1.29 is 13.2 Å². The summed E-state index contributed by atoms with van der Waals surface area (Å²) in [6, 6.07) is 6.01. The number of rotatable bonds is 5. The largest absolute Gasteiger partial charge is 0.347 e. The maximum Gasteiger partial charge on any atom is 0.242 e. The summed E-state index contributed by atoms with van der Waals surface area (Å²) < 4.78 is 27.2. The molecule has 0 atom stereocenters. The number of aryl methyl sites for hydroxylation is 1. The molecule has 1 N–H and O–H groups in total. The second-order valence-electron chi connectivity index (χ2n) is 7.13. The Morgan fingerprint density at radius 1 is 1.15 bits per heavy atom. The lowest BCUT2D eigenvalue weighted by molar-refractivity contribution is -0.123. The fourth-order valence-electron chi connectivity index (χ4n) is 4.07. The zero-order valence-corrected chi connectivity index (χ0v) is 16.4. The molecule has 2 heterocycles. The van der Waals surface area contributed by atoms with Gasteiger partial charge in [-0.1, -0.05) is 24.4 Å². The number of hydrogen-bond donors (Lipinski definition) is 1. The molecule has 4 rings (SSSR count). The Morgan fingerprint density at radius 3 is 2.56 bits per heavy atom.